The molecule has 0 spiro atoms. The van der Waals surface area contributed by atoms with Crippen LogP contribution in [0.2, 0.25) is 5.02 Å². The smallest absolute Gasteiger partial charge is 0.299 e. The molecule has 1 aliphatic rings. The number of Topliss-reactive ketones (excluding diaryl/α,β-unsaturated/α-hetero) is 1. The van der Waals surface area contributed by atoms with Gasteiger partial charge >= 0.3 is 0 Å². The maximum Gasteiger partial charge on any atom is 0.299 e. The third-order valence-corrected chi connectivity index (χ3v) is 2.93. The van der Waals surface area contributed by atoms with Gasteiger partial charge in [-0.1, -0.05) is 11.6 Å². The molecule has 1 aliphatic heterocycles. The molecule has 0 N–H and O–H groups in total. The van der Waals surface area contributed by atoms with E-state index in [-0.39, 0.29) is 0 Å². The Morgan fingerprint density at radius 3 is 2.64 bits per heavy atom. The number of rotatable bonds is 0. The van der Waals surface area contributed by atoms with Crippen LogP contribution < -0.4 is 4.90 Å². The number of fused-ring (bicyclic) bond motifs is 1. The number of carbonyl (C=O) groups is 2. The van der Waals surface area contributed by atoms with Crippen molar-refractivity contribution in [3.8, 4) is 0 Å². The van der Waals surface area contributed by atoms with Gasteiger partial charge in [0.2, 0.25) is 0 Å². The summed E-state index contributed by atoms with van der Waals surface area (Å²) in [6, 6.07) is 3.16. The summed E-state index contributed by atoms with van der Waals surface area (Å²) in [6.07, 6.45) is 0. The first kappa shape index (κ1) is 9.68. The summed E-state index contributed by atoms with van der Waals surface area (Å²) in [6.45, 7) is 0. The van der Waals surface area contributed by atoms with Gasteiger partial charge in [0.05, 0.1) is 11.3 Å². The molecule has 1 aromatic carbocycles. The van der Waals surface area contributed by atoms with E-state index in [1.165, 1.54) is 11.0 Å². The SMILES string of the molecule is CN1C(=O)C(=O)c2cc(Cl)cc(Br)c21. The van der Waals surface area contributed by atoms with Crippen LogP contribution in [0.15, 0.2) is 16.6 Å². The van der Waals surface area contributed by atoms with Crippen molar-refractivity contribution in [2.45, 2.75) is 0 Å². The summed E-state index contributed by atoms with van der Waals surface area (Å²) in [7, 11) is 1.56. The van der Waals surface area contributed by atoms with E-state index in [9.17, 15) is 9.59 Å². The molecular formula is C9H5BrClNO2. The van der Waals surface area contributed by atoms with Crippen molar-refractivity contribution in [1.29, 1.82) is 0 Å². The summed E-state index contributed by atoms with van der Waals surface area (Å²) in [5.41, 5.74) is 0.946. The Hall–Kier alpha value is -0.870. The molecule has 2 rings (SSSR count). The van der Waals surface area contributed by atoms with Crippen LogP contribution in [0.25, 0.3) is 0 Å². The minimum atomic E-state index is -0.525. The summed E-state index contributed by atoms with van der Waals surface area (Å²) in [5.74, 6) is -1.03. The number of nitrogens with zero attached hydrogens (tertiary/aromatic N) is 1. The topological polar surface area (TPSA) is 37.4 Å². The fourth-order valence-electron chi connectivity index (χ4n) is 1.45. The Morgan fingerprint density at radius 1 is 1.36 bits per heavy atom. The first-order chi connectivity index (χ1) is 6.52. The van der Waals surface area contributed by atoms with Crippen LogP contribution in [-0.4, -0.2) is 18.7 Å². The van der Waals surface area contributed by atoms with E-state index >= 15 is 0 Å². The Morgan fingerprint density at radius 2 is 2.00 bits per heavy atom. The first-order valence-corrected chi connectivity index (χ1v) is 5.01. The van der Waals surface area contributed by atoms with Crippen LogP contribution in [0.4, 0.5) is 5.69 Å². The summed E-state index contributed by atoms with van der Waals surface area (Å²) >= 11 is 9.04. The van der Waals surface area contributed by atoms with Gasteiger partial charge < -0.3 is 4.90 Å². The summed E-state index contributed by atoms with van der Waals surface area (Å²) in [4.78, 5) is 24.1. The van der Waals surface area contributed by atoms with Gasteiger partial charge in [-0.2, -0.15) is 0 Å². The van der Waals surface area contributed by atoms with Crippen LogP contribution in [-0.2, 0) is 4.79 Å². The molecule has 1 heterocycles. The average molecular weight is 275 g/mol. The van der Waals surface area contributed by atoms with E-state index in [2.05, 4.69) is 15.9 Å². The lowest BCUT2D eigenvalue weighted by molar-refractivity contribution is -0.114. The van der Waals surface area contributed by atoms with Crippen molar-refractivity contribution in [1.82, 2.24) is 0 Å². The van der Waals surface area contributed by atoms with Crippen LogP contribution in [0.3, 0.4) is 0 Å². The zero-order chi connectivity index (χ0) is 10.5. The molecule has 1 amide bonds. The van der Waals surface area contributed by atoms with Gasteiger partial charge in [-0.15, -0.1) is 0 Å². The van der Waals surface area contributed by atoms with E-state index in [4.69, 9.17) is 11.6 Å². The van der Waals surface area contributed by atoms with Crippen LogP contribution in [0, 0.1) is 0 Å². The van der Waals surface area contributed by atoms with E-state index < -0.39 is 11.7 Å². The van der Waals surface area contributed by atoms with E-state index in [0.29, 0.717) is 20.7 Å². The van der Waals surface area contributed by atoms with Gasteiger partial charge in [0, 0.05) is 16.5 Å². The molecular weight excluding hydrogens is 269 g/mol. The lowest BCUT2D eigenvalue weighted by Gasteiger charge is -2.10. The minimum absolute atomic E-state index is 0.358. The van der Waals surface area contributed by atoms with Crippen LogP contribution in [0.1, 0.15) is 10.4 Å². The highest BCUT2D eigenvalue weighted by Gasteiger charge is 2.35. The van der Waals surface area contributed by atoms with Crippen molar-refractivity contribution in [2.24, 2.45) is 0 Å². The Balaban J connectivity index is 2.75. The van der Waals surface area contributed by atoms with Gasteiger partial charge in [0.15, 0.2) is 0 Å². The fraction of sp³-hybridized carbons (Fsp3) is 0.111. The number of ketones is 1. The molecule has 0 bridgehead atoms. The van der Waals surface area contributed by atoms with Crippen molar-refractivity contribution in [3.05, 3.63) is 27.2 Å². The lowest BCUT2D eigenvalue weighted by Crippen LogP contribution is -2.24. The monoisotopic (exact) mass is 273 g/mol. The second-order valence-electron chi connectivity index (χ2n) is 2.98. The lowest BCUT2D eigenvalue weighted by atomic mass is 10.1. The molecule has 5 heteroatoms. The normalized spacial score (nSPS) is 14.9. The number of hydrogen-bond donors (Lipinski definition) is 0. The molecule has 0 saturated carbocycles. The quantitative estimate of drug-likeness (QED) is 0.681. The predicted octanol–water partition coefficient (Wildman–Crippen LogP) is 2.26. The second kappa shape index (κ2) is 3.07. The van der Waals surface area contributed by atoms with Crippen molar-refractivity contribution < 1.29 is 9.59 Å². The zero-order valence-electron chi connectivity index (χ0n) is 7.17. The zero-order valence-corrected chi connectivity index (χ0v) is 9.52. The molecule has 0 aliphatic carbocycles. The number of anilines is 1. The number of halogens is 2. The van der Waals surface area contributed by atoms with E-state index in [1.807, 2.05) is 0 Å². The molecule has 0 aromatic heterocycles. The van der Waals surface area contributed by atoms with Gasteiger partial charge in [-0.3, -0.25) is 9.59 Å². The maximum absolute atomic E-state index is 11.4. The summed E-state index contributed by atoms with van der Waals surface area (Å²) in [5, 5.41) is 0.437. The van der Waals surface area contributed by atoms with Crippen LogP contribution >= 0.6 is 27.5 Å². The average Bonchev–Trinajstić information content (AvgIpc) is 2.31. The molecule has 3 nitrogen and oxygen atoms in total. The third kappa shape index (κ3) is 1.18. The maximum atomic E-state index is 11.4. The minimum Gasteiger partial charge on any atom is -0.307 e. The molecule has 0 saturated heterocycles. The highest BCUT2D eigenvalue weighted by molar-refractivity contribution is 9.10. The molecule has 0 radical (unpaired) electrons. The number of amides is 1. The Bertz CT molecular complexity index is 458. The van der Waals surface area contributed by atoms with Gasteiger partial charge in [-0.05, 0) is 28.1 Å². The van der Waals surface area contributed by atoms with Crippen molar-refractivity contribution in [2.75, 3.05) is 11.9 Å². The first-order valence-electron chi connectivity index (χ1n) is 3.84. The van der Waals surface area contributed by atoms with Crippen molar-refractivity contribution >= 4 is 44.9 Å². The van der Waals surface area contributed by atoms with E-state index in [1.54, 1.807) is 13.1 Å². The van der Waals surface area contributed by atoms with Gasteiger partial charge in [0.25, 0.3) is 11.7 Å². The molecule has 0 atom stereocenters. The second-order valence-corrected chi connectivity index (χ2v) is 4.27. The number of likely N-dealkylation sites (N-methyl/N-ethyl adjacent to an activating group) is 1. The number of carbonyl (C=O) groups excluding carboxylic acids is 2. The number of benzene rings is 1. The highest BCUT2D eigenvalue weighted by Crippen LogP contribution is 2.37. The standard InChI is InChI=1S/C9H5BrClNO2/c1-12-7-5(8(13)9(12)14)2-4(11)3-6(7)10/h2-3H,1H3. The summed E-state index contributed by atoms with van der Waals surface area (Å²) < 4.78 is 0.654. The third-order valence-electron chi connectivity index (χ3n) is 2.11. The van der Waals surface area contributed by atoms with Crippen LogP contribution in [0.5, 0.6) is 0 Å². The molecule has 1 aromatic rings. The van der Waals surface area contributed by atoms with E-state index in [0.717, 1.165) is 0 Å². The largest absolute Gasteiger partial charge is 0.307 e. The fourth-order valence-corrected chi connectivity index (χ4v) is 2.53. The Kier molecular flexibility index (Phi) is 2.12. The Labute approximate surface area is 93.8 Å². The molecule has 0 fully saturated rings. The molecule has 72 valence electrons. The molecule has 14 heavy (non-hydrogen) atoms. The predicted molar refractivity (Wildman–Crippen MR) is 56.9 cm³/mol. The number of hydrogen-bond acceptors (Lipinski definition) is 2. The molecule has 0 unspecified atom stereocenters. The van der Waals surface area contributed by atoms with Crippen molar-refractivity contribution in [3.63, 3.8) is 0 Å². The van der Waals surface area contributed by atoms with Gasteiger partial charge in [-0.25, -0.2) is 0 Å². The van der Waals surface area contributed by atoms with Gasteiger partial charge in [0.1, 0.15) is 0 Å². The highest BCUT2D eigenvalue weighted by atomic mass is 79.9.